The predicted octanol–water partition coefficient (Wildman–Crippen LogP) is 4.25. The number of benzene rings is 3. The summed E-state index contributed by atoms with van der Waals surface area (Å²) in [7, 11) is 1.61. The van der Waals surface area contributed by atoms with Crippen LogP contribution in [0, 0.1) is 0 Å². The molecule has 0 saturated heterocycles. The van der Waals surface area contributed by atoms with Gasteiger partial charge in [-0.2, -0.15) is 5.10 Å². The number of methoxy groups -OCH3 is 1. The van der Waals surface area contributed by atoms with Crippen molar-refractivity contribution in [1.29, 1.82) is 0 Å². The van der Waals surface area contributed by atoms with Crippen LogP contribution in [-0.4, -0.2) is 19.2 Å². The van der Waals surface area contributed by atoms with Crippen LogP contribution in [0.4, 0.5) is 0 Å². The zero-order valence-electron chi connectivity index (χ0n) is 14.3. The summed E-state index contributed by atoms with van der Waals surface area (Å²) < 4.78 is 10.8. The van der Waals surface area contributed by atoms with Gasteiger partial charge in [-0.15, -0.1) is 0 Å². The lowest BCUT2D eigenvalue weighted by Gasteiger charge is -2.06. The Morgan fingerprint density at radius 2 is 1.46 bits per heavy atom. The van der Waals surface area contributed by atoms with Gasteiger partial charge < -0.3 is 9.47 Å². The second-order valence-corrected chi connectivity index (χ2v) is 5.41. The van der Waals surface area contributed by atoms with Gasteiger partial charge in [0.15, 0.2) is 0 Å². The maximum absolute atomic E-state index is 12.1. The molecule has 3 aromatic carbocycles. The standard InChI is InChI=1S/C21H18N2O3/c1-25-18-11-7-16(8-12-18)15-22-23-21(24)17-9-13-20(14-10-17)26-19-5-3-2-4-6-19/h2-15H,1H3,(H,23,24)/b22-15+. The SMILES string of the molecule is COc1ccc(/C=N/NC(=O)c2ccc(Oc3ccccc3)cc2)cc1. The molecule has 0 unspecified atom stereocenters. The van der Waals surface area contributed by atoms with Crippen molar-refractivity contribution >= 4 is 12.1 Å². The summed E-state index contributed by atoms with van der Waals surface area (Å²) >= 11 is 0. The van der Waals surface area contributed by atoms with Gasteiger partial charge in [-0.05, 0) is 66.2 Å². The van der Waals surface area contributed by atoms with Crippen molar-refractivity contribution in [2.24, 2.45) is 5.10 Å². The van der Waals surface area contributed by atoms with Crippen molar-refractivity contribution in [3.63, 3.8) is 0 Å². The number of carbonyl (C=O) groups excluding carboxylic acids is 1. The van der Waals surface area contributed by atoms with E-state index in [-0.39, 0.29) is 5.91 Å². The number of hydrazone groups is 1. The molecule has 0 spiro atoms. The molecule has 3 aromatic rings. The average Bonchev–Trinajstić information content (AvgIpc) is 2.70. The Bertz CT molecular complexity index is 873. The second-order valence-electron chi connectivity index (χ2n) is 5.41. The lowest BCUT2D eigenvalue weighted by atomic mass is 10.2. The second kappa shape index (κ2) is 8.48. The zero-order valence-corrected chi connectivity index (χ0v) is 14.3. The van der Waals surface area contributed by atoms with Crippen LogP contribution in [0.25, 0.3) is 0 Å². The van der Waals surface area contributed by atoms with Gasteiger partial charge in [0, 0.05) is 5.56 Å². The van der Waals surface area contributed by atoms with Gasteiger partial charge in [-0.1, -0.05) is 18.2 Å². The smallest absolute Gasteiger partial charge is 0.271 e. The number of carbonyl (C=O) groups is 1. The molecule has 1 amide bonds. The minimum Gasteiger partial charge on any atom is -0.497 e. The fourth-order valence-electron chi connectivity index (χ4n) is 2.22. The Balaban J connectivity index is 1.56. The van der Waals surface area contributed by atoms with Crippen LogP contribution in [0.2, 0.25) is 0 Å². The molecule has 0 atom stereocenters. The lowest BCUT2D eigenvalue weighted by molar-refractivity contribution is 0.0955. The molecule has 0 heterocycles. The number of para-hydroxylation sites is 1. The van der Waals surface area contributed by atoms with Gasteiger partial charge in [0.25, 0.3) is 5.91 Å². The molecule has 0 aliphatic rings. The number of ether oxygens (including phenoxy) is 2. The van der Waals surface area contributed by atoms with Crippen molar-refractivity contribution in [3.05, 3.63) is 90.0 Å². The minimum atomic E-state index is -0.291. The largest absolute Gasteiger partial charge is 0.497 e. The van der Waals surface area contributed by atoms with E-state index >= 15 is 0 Å². The molecular weight excluding hydrogens is 328 g/mol. The molecule has 0 aliphatic heterocycles. The molecule has 26 heavy (non-hydrogen) atoms. The van der Waals surface area contributed by atoms with Gasteiger partial charge in [-0.25, -0.2) is 5.43 Å². The van der Waals surface area contributed by atoms with E-state index in [1.807, 2.05) is 54.6 Å². The first kappa shape index (κ1) is 17.2. The van der Waals surface area contributed by atoms with Gasteiger partial charge in [0.05, 0.1) is 13.3 Å². The Morgan fingerprint density at radius 1 is 0.846 bits per heavy atom. The van der Waals surface area contributed by atoms with Crippen molar-refractivity contribution in [2.45, 2.75) is 0 Å². The molecule has 5 nitrogen and oxygen atoms in total. The summed E-state index contributed by atoms with van der Waals surface area (Å²) in [5, 5.41) is 3.97. The summed E-state index contributed by atoms with van der Waals surface area (Å²) in [6.45, 7) is 0. The molecule has 0 radical (unpaired) electrons. The number of hydrogen-bond donors (Lipinski definition) is 1. The van der Waals surface area contributed by atoms with E-state index in [1.165, 1.54) is 0 Å². The third kappa shape index (κ3) is 4.70. The molecule has 1 N–H and O–H groups in total. The van der Waals surface area contributed by atoms with Crippen LogP contribution in [0.5, 0.6) is 17.2 Å². The molecule has 5 heteroatoms. The molecule has 0 aromatic heterocycles. The Hall–Kier alpha value is -3.60. The quantitative estimate of drug-likeness (QED) is 0.536. The molecule has 0 saturated carbocycles. The number of hydrogen-bond acceptors (Lipinski definition) is 4. The van der Waals surface area contributed by atoms with Crippen LogP contribution in [-0.2, 0) is 0 Å². The summed E-state index contributed by atoms with van der Waals surface area (Å²) in [6, 6.07) is 23.7. The molecule has 0 bridgehead atoms. The fourth-order valence-corrected chi connectivity index (χ4v) is 2.22. The summed E-state index contributed by atoms with van der Waals surface area (Å²) in [4.78, 5) is 12.1. The maximum Gasteiger partial charge on any atom is 0.271 e. The molecule has 0 fully saturated rings. The normalized spacial score (nSPS) is 10.5. The molecule has 3 rings (SSSR count). The number of nitrogens with zero attached hydrogens (tertiary/aromatic N) is 1. The Kier molecular flexibility index (Phi) is 5.62. The molecular formula is C21H18N2O3. The Labute approximate surface area is 151 Å². The maximum atomic E-state index is 12.1. The summed E-state index contributed by atoms with van der Waals surface area (Å²) in [6.07, 6.45) is 1.57. The van der Waals surface area contributed by atoms with Gasteiger partial charge >= 0.3 is 0 Å². The zero-order chi connectivity index (χ0) is 18.2. The van der Waals surface area contributed by atoms with E-state index in [9.17, 15) is 4.79 Å². The highest BCUT2D eigenvalue weighted by Gasteiger charge is 2.04. The minimum absolute atomic E-state index is 0.291. The highest BCUT2D eigenvalue weighted by Crippen LogP contribution is 2.21. The van der Waals surface area contributed by atoms with Crippen molar-refractivity contribution in [1.82, 2.24) is 5.43 Å². The van der Waals surface area contributed by atoms with Crippen LogP contribution < -0.4 is 14.9 Å². The van der Waals surface area contributed by atoms with Crippen molar-refractivity contribution in [2.75, 3.05) is 7.11 Å². The van der Waals surface area contributed by atoms with Crippen molar-refractivity contribution in [3.8, 4) is 17.2 Å². The number of nitrogens with one attached hydrogen (secondary N) is 1. The third-order valence-corrected chi connectivity index (χ3v) is 3.59. The highest BCUT2D eigenvalue weighted by atomic mass is 16.5. The van der Waals surface area contributed by atoms with Crippen LogP contribution in [0.3, 0.4) is 0 Å². The van der Waals surface area contributed by atoms with Gasteiger partial charge in [0.2, 0.25) is 0 Å². The van der Waals surface area contributed by atoms with Crippen LogP contribution >= 0.6 is 0 Å². The van der Waals surface area contributed by atoms with Gasteiger partial charge in [-0.3, -0.25) is 4.79 Å². The van der Waals surface area contributed by atoms with Gasteiger partial charge in [0.1, 0.15) is 17.2 Å². The first-order chi connectivity index (χ1) is 12.7. The van der Waals surface area contributed by atoms with E-state index in [0.29, 0.717) is 11.3 Å². The average molecular weight is 346 g/mol. The monoisotopic (exact) mass is 346 g/mol. The van der Waals surface area contributed by atoms with E-state index in [2.05, 4.69) is 10.5 Å². The highest BCUT2D eigenvalue weighted by molar-refractivity contribution is 5.95. The Morgan fingerprint density at radius 3 is 2.12 bits per heavy atom. The van der Waals surface area contributed by atoms with E-state index in [0.717, 1.165) is 17.1 Å². The number of amides is 1. The fraction of sp³-hybridized carbons (Fsp3) is 0.0476. The first-order valence-electron chi connectivity index (χ1n) is 8.05. The third-order valence-electron chi connectivity index (χ3n) is 3.59. The van der Waals surface area contributed by atoms with E-state index in [4.69, 9.17) is 9.47 Å². The van der Waals surface area contributed by atoms with Crippen LogP contribution in [0.15, 0.2) is 84.0 Å². The van der Waals surface area contributed by atoms with E-state index < -0.39 is 0 Å². The topological polar surface area (TPSA) is 59.9 Å². The molecule has 130 valence electrons. The van der Waals surface area contributed by atoms with Crippen molar-refractivity contribution < 1.29 is 14.3 Å². The lowest BCUT2D eigenvalue weighted by Crippen LogP contribution is -2.17. The summed E-state index contributed by atoms with van der Waals surface area (Å²) in [5.74, 6) is 1.88. The van der Waals surface area contributed by atoms with E-state index in [1.54, 1.807) is 37.6 Å². The summed E-state index contributed by atoms with van der Waals surface area (Å²) in [5.41, 5.74) is 3.86. The van der Waals surface area contributed by atoms with Crippen LogP contribution in [0.1, 0.15) is 15.9 Å². The number of rotatable bonds is 6. The first-order valence-corrected chi connectivity index (χ1v) is 8.05. The molecule has 0 aliphatic carbocycles. The predicted molar refractivity (Wildman–Crippen MR) is 101 cm³/mol.